The second-order valence-corrected chi connectivity index (χ2v) is 6.77. The van der Waals surface area contributed by atoms with Crippen LogP contribution in [0.25, 0.3) is 0 Å². The number of nitrogens with zero attached hydrogens (tertiary/aromatic N) is 3. The van der Waals surface area contributed by atoms with Crippen molar-refractivity contribution in [2.75, 3.05) is 5.32 Å². The first-order valence-corrected chi connectivity index (χ1v) is 7.85. The van der Waals surface area contributed by atoms with E-state index >= 15 is 0 Å². The molecule has 5 nitrogen and oxygen atoms in total. The van der Waals surface area contributed by atoms with Crippen LogP contribution in [0.1, 0.15) is 37.9 Å². The quantitative estimate of drug-likeness (QED) is 0.757. The molecule has 0 unspecified atom stereocenters. The Hall–Kier alpha value is -2.56. The zero-order valence-electron chi connectivity index (χ0n) is 13.9. The van der Waals surface area contributed by atoms with Crippen LogP contribution in [0.2, 0.25) is 0 Å². The summed E-state index contributed by atoms with van der Waals surface area (Å²) in [6.07, 6.45) is 5.76. The molecule has 0 spiro atoms. The summed E-state index contributed by atoms with van der Waals surface area (Å²) in [4.78, 5) is 7.81. The summed E-state index contributed by atoms with van der Waals surface area (Å²) in [7, 11) is 0. The predicted octanol–water partition coefficient (Wildman–Crippen LogP) is 3.56. The van der Waals surface area contributed by atoms with E-state index in [-0.39, 0.29) is 5.41 Å². The minimum Gasteiger partial charge on any atom is -0.377 e. The van der Waals surface area contributed by atoms with E-state index in [1.807, 2.05) is 41.5 Å². The first kappa shape index (κ1) is 15.3. The summed E-state index contributed by atoms with van der Waals surface area (Å²) in [6.45, 7) is 7.94. The van der Waals surface area contributed by atoms with Gasteiger partial charge in [0.05, 0.1) is 36.9 Å². The molecule has 120 valence electrons. The van der Waals surface area contributed by atoms with Gasteiger partial charge >= 0.3 is 0 Å². The molecule has 2 aromatic heterocycles. The number of aromatic nitrogens is 4. The SMILES string of the molecule is CC(C)(C)c1ncc(CNc2cnn(Cc3ccccc3)c2)[nH]1. The van der Waals surface area contributed by atoms with Gasteiger partial charge in [-0.2, -0.15) is 5.10 Å². The Kier molecular flexibility index (Phi) is 4.19. The fraction of sp³-hybridized carbons (Fsp3) is 0.333. The second kappa shape index (κ2) is 6.28. The summed E-state index contributed by atoms with van der Waals surface area (Å²) in [6, 6.07) is 10.3. The van der Waals surface area contributed by atoms with E-state index in [0.29, 0.717) is 6.54 Å². The maximum atomic E-state index is 4.44. The Morgan fingerprint density at radius 2 is 1.91 bits per heavy atom. The van der Waals surface area contributed by atoms with Crippen molar-refractivity contribution < 1.29 is 0 Å². The Morgan fingerprint density at radius 3 is 2.61 bits per heavy atom. The molecule has 2 heterocycles. The van der Waals surface area contributed by atoms with Crippen molar-refractivity contribution in [3.63, 3.8) is 0 Å². The monoisotopic (exact) mass is 309 g/mol. The highest BCUT2D eigenvalue weighted by atomic mass is 15.3. The van der Waals surface area contributed by atoms with Crippen LogP contribution < -0.4 is 5.32 Å². The number of benzene rings is 1. The average Bonchev–Trinajstić information content (AvgIpc) is 3.15. The smallest absolute Gasteiger partial charge is 0.111 e. The fourth-order valence-corrected chi connectivity index (χ4v) is 2.34. The van der Waals surface area contributed by atoms with Gasteiger partial charge < -0.3 is 10.3 Å². The number of imidazole rings is 1. The molecule has 23 heavy (non-hydrogen) atoms. The van der Waals surface area contributed by atoms with Gasteiger partial charge in [0.2, 0.25) is 0 Å². The van der Waals surface area contributed by atoms with E-state index in [9.17, 15) is 0 Å². The van der Waals surface area contributed by atoms with Crippen molar-refractivity contribution in [3.05, 3.63) is 66.0 Å². The number of H-pyrrole nitrogens is 1. The summed E-state index contributed by atoms with van der Waals surface area (Å²) in [5.74, 6) is 1.01. The maximum Gasteiger partial charge on any atom is 0.111 e. The predicted molar refractivity (Wildman–Crippen MR) is 92.4 cm³/mol. The van der Waals surface area contributed by atoms with E-state index in [1.165, 1.54) is 5.56 Å². The highest BCUT2D eigenvalue weighted by molar-refractivity contribution is 5.38. The summed E-state index contributed by atoms with van der Waals surface area (Å²) in [5, 5.41) is 7.77. The van der Waals surface area contributed by atoms with Gasteiger partial charge in [-0.05, 0) is 5.56 Å². The lowest BCUT2D eigenvalue weighted by Crippen LogP contribution is -2.13. The molecule has 5 heteroatoms. The van der Waals surface area contributed by atoms with E-state index in [4.69, 9.17) is 0 Å². The zero-order chi connectivity index (χ0) is 16.3. The van der Waals surface area contributed by atoms with E-state index in [2.05, 4.69) is 53.3 Å². The first-order valence-electron chi connectivity index (χ1n) is 7.85. The summed E-state index contributed by atoms with van der Waals surface area (Å²) < 4.78 is 1.94. The standard InChI is InChI=1S/C18H23N5/c1-18(2,3)17-20-10-15(22-17)9-19-16-11-21-23(13-16)12-14-7-5-4-6-8-14/h4-8,10-11,13,19H,9,12H2,1-3H3,(H,20,22). The molecule has 0 aliphatic heterocycles. The maximum absolute atomic E-state index is 4.44. The van der Waals surface area contributed by atoms with Gasteiger partial charge in [0, 0.05) is 11.6 Å². The molecular weight excluding hydrogens is 286 g/mol. The lowest BCUT2D eigenvalue weighted by Gasteiger charge is -2.14. The molecule has 0 aliphatic carbocycles. The fourth-order valence-electron chi connectivity index (χ4n) is 2.34. The van der Waals surface area contributed by atoms with Gasteiger partial charge in [0.15, 0.2) is 0 Å². The molecule has 0 saturated heterocycles. The number of anilines is 1. The first-order chi connectivity index (χ1) is 11.0. The van der Waals surface area contributed by atoms with Crippen LogP contribution >= 0.6 is 0 Å². The third-order valence-electron chi connectivity index (χ3n) is 3.64. The summed E-state index contributed by atoms with van der Waals surface area (Å²) in [5.41, 5.74) is 3.36. The molecule has 2 N–H and O–H groups in total. The van der Waals surface area contributed by atoms with Crippen LogP contribution in [-0.2, 0) is 18.5 Å². The molecule has 0 radical (unpaired) electrons. The molecule has 0 fully saturated rings. The van der Waals surface area contributed by atoms with Crippen molar-refractivity contribution in [1.29, 1.82) is 0 Å². The molecule has 3 aromatic rings. The van der Waals surface area contributed by atoms with Gasteiger partial charge in [-0.15, -0.1) is 0 Å². The molecule has 0 amide bonds. The lowest BCUT2D eigenvalue weighted by atomic mass is 9.96. The number of hydrogen-bond acceptors (Lipinski definition) is 3. The van der Waals surface area contributed by atoms with Crippen LogP contribution in [0, 0.1) is 0 Å². The largest absolute Gasteiger partial charge is 0.377 e. The van der Waals surface area contributed by atoms with Crippen molar-refractivity contribution in [2.45, 2.75) is 39.3 Å². The molecule has 0 bridgehead atoms. The van der Waals surface area contributed by atoms with E-state index < -0.39 is 0 Å². The average molecular weight is 309 g/mol. The van der Waals surface area contributed by atoms with Crippen molar-refractivity contribution >= 4 is 5.69 Å². The van der Waals surface area contributed by atoms with Crippen molar-refractivity contribution in [3.8, 4) is 0 Å². The van der Waals surface area contributed by atoms with Crippen LogP contribution in [0.5, 0.6) is 0 Å². The number of rotatable bonds is 5. The lowest BCUT2D eigenvalue weighted by molar-refractivity contribution is 0.551. The van der Waals surface area contributed by atoms with Gasteiger partial charge in [0.1, 0.15) is 5.82 Å². The number of aromatic amines is 1. The Bertz CT molecular complexity index is 749. The topological polar surface area (TPSA) is 58.5 Å². The molecule has 0 atom stereocenters. The minimum absolute atomic E-state index is 0.0405. The van der Waals surface area contributed by atoms with Crippen LogP contribution in [-0.4, -0.2) is 19.7 Å². The minimum atomic E-state index is 0.0405. The zero-order valence-corrected chi connectivity index (χ0v) is 13.9. The van der Waals surface area contributed by atoms with Crippen molar-refractivity contribution in [1.82, 2.24) is 19.7 Å². The van der Waals surface area contributed by atoms with Gasteiger partial charge in [-0.3, -0.25) is 4.68 Å². The number of nitrogens with one attached hydrogen (secondary N) is 2. The third-order valence-corrected chi connectivity index (χ3v) is 3.64. The molecule has 1 aromatic carbocycles. The second-order valence-electron chi connectivity index (χ2n) is 6.77. The molecule has 3 rings (SSSR count). The Labute approximate surface area is 136 Å². The van der Waals surface area contributed by atoms with E-state index in [0.717, 1.165) is 23.8 Å². The van der Waals surface area contributed by atoms with E-state index in [1.54, 1.807) is 0 Å². The molecule has 0 saturated carbocycles. The Morgan fingerprint density at radius 1 is 1.13 bits per heavy atom. The normalized spacial score (nSPS) is 11.6. The highest BCUT2D eigenvalue weighted by Crippen LogP contribution is 2.18. The van der Waals surface area contributed by atoms with Crippen molar-refractivity contribution in [2.24, 2.45) is 0 Å². The van der Waals surface area contributed by atoms with Crippen LogP contribution in [0.4, 0.5) is 5.69 Å². The van der Waals surface area contributed by atoms with Crippen LogP contribution in [0.3, 0.4) is 0 Å². The molecular formula is C18H23N5. The molecule has 0 aliphatic rings. The van der Waals surface area contributed by atoms with Crippen LogP contribution in [0.15, 0.2) is 48.9 Å². The summed E-state index contributed by atoms with van der Waals surface area (Å²) >= 11 is 0. The van der Waals surface area contributed by atoms with Gasteiger partial charge in [0.25, 0.3) is 0 Å². The van der Waals surface area contributed by atoms with Gasteiger partial charge in [-0.1, -0.05) is 51.1 Å². The Balaban J connectivity index is 1.58. The number of hydrogen-bond donors (Lipinski definition) is 2. The third kappa shape index (κ3) is 4.00. The highest BCUT2D eigenvalue weighted by Gasteiger charge is 2.17. The van der Waals surface area contributed by atoms with Gasteiger partial charge in [-0.25, -0.2) is 4.98 Å².